The van der Waals surface area contributed by atoms with E-state index >= 15 is 0 Å². The SMILES string of the molecule is Cc1nc(C2CN(Cc3cnc(-c4ccccc4)s3)CCO2)no1. The van der Waals surface area contributed by atoms with E-state index in [1.54, 1.807) is 18.3 Å². The number of ether oxygens (including phenoxy) is 1. The van der Waals surface area contributed by atoms with Crippen LogP contribution in [0.3, 0.4) is 0 Å². The van der Waals surface area contributed by atoms with Crippen LogP contribution in [-0.2, 0) is 11.3 Å². The van der Waals surface area contributed by atoms with Gasteiger partial charge in [0.25, 0.3) is 0 Å². The Balaban J connectivity index is 1.43. The Kier molecular flexibility index (Phi) is 4.38. The first kappa shape index (κ1) is 15.4. The number of thiazole rings is 1. The van der Waals surface area contributed by atoms with E-state index in [0.29, 0.717) is 18.3 Å². The lowest BCUT2D eigenvalue weighted by Gasteiger charge is -2.30. The van der Waals surface area contributed by atoms with Crippen LogP contribution in [0, 0.1) is 6.92 Å². The molecule has 0 aliphatic carbocycles. The van der Waals surface area contributed by atoms with Crippen LogP contribution >= 0.6 is 11.3 Å². The van der Waals surface area contributed by atoms with Gasteiger partial charge in [0.2, 0.25) is 11.7 Å². The third kappa shape index (κ3) is 3.38. The molecular formula is C17H18N4O2S. The first-order valence-electron chi connectivity index (χ1n) is 7.92. The van der Waals surface area contributed by atoms with Gasteiger partial charge in [-0.05, 0) is 0 Å². The van der Waals surface area contributed by atoms with Crippen molar-refractivity contribution in [3.05, 3.63) is 53.1 Å². The van der Waals surface area contributed by atoms with Gasteiger partial charge in [0.15, 0.2) is 0 Å². The standard InChI is InChI=1S/C17H18N4O2S/c1-12-19-16(20-23-12)15-11-21(7-8-22-15)10-14-9-18-17(24-14)13-5-3-2-4-6-13/h2-6,9,15H,7-8,10-11H2,1H3. The van der Waals surface area contributed by atoms with Gasteiger partial charge < -0.3 is 9.26 Å². The van der Waals surface area contributed by atoms with Gasteiger partial charge in [-0.25, -0.2) is 4.98 Å². The summed E-state index contributed by atoms with van der Waals surface area (Å²) in [4.78, 5) is 12.4. The number of benzene rings is 1. The van der Waals surface area contributed by atoms with Crippen molar-refractivity contribution >= 4 is 11.3 Å². The van der Waals surface area contributed by atoms with E-state index in [-0.39, 0.29) is 6.10 Å². The van der Waals surface area contributed by atoms with Gasteiger partial charge in [0, 0.05) is 43.2 Å². The summed E-state index contributed by atoms with van der Waals surface area (Å²) in [6.45, 7) is 4.98. The van der Waals surface area contributed by atoms with Crippen LogP contribution in [-0.4, -0.2) is 39.7 Å². The highest BCUT2D eigenvalue weighted by molar-refractivity contribution is 7.15. The highest BCUT2D eigenvalue weighted by atomic mass is 32.1. The highest BCUT2D eigenvalue weighted by Crippen LogP contribution is 2.27. The van der Waals surface area contributed by atoms with Crippen LogP contribution in [0.15, 0.2) is 41.1 Å². The van der Waals surface area contributed by atoms with Crippen molar-refractivity contribution in [1.29, 1.82) is 0 Å². The summed E-state index contributed by atoms with van der Waals surface area (Å²) in [7, 11) is 0. The number of hydrogen-bond acceptors (Lipinski definition) is 7. The first-order valence-corrected chi connectivity index (χ1v) is 8.74. The van der Waals surface area contributed by atoms with Gasteiger partial charge >= 0.3 is 0 Å². The minimum atomic E-state index is -0.127. The molecule has 1 aliphatic rings. The van der Waals surface area contributed by atoms with E-state index in [2.05, 4.69) is 32.2 Å². The number of nitrogens with zero attached hydrogens (tertiary/aromatic N) is 4. The zero-order valence-electron chi connectivity index (χ0n) is 13.4. The molecule has 3 aromatic rings. The molecule has 1 fully saturated rings. The maximum absolute atomic E-state index is 5.78. The van der Waals surface area contributed by atoms with Crippen molar-refractivity contribution < 1.29 is 9.26 Å². The average molecular weight is 342 g/mol. The van der Waals surface area contributed by atoms with E-state index in [4.69, 9.17) is 9.26 Å². The van der Waals surface area contributed by atoms with Gasteiger partial charge in [0.1, 0.15) is 11.1 Å². The van der Waals surface area contributed by atoms with E-state index in [1.807, 2.05) is 24.4 Å². The summed E-state index contributed by atoms with van der Waals surface area (Å²) >= 11 is 1.74. The quantitative estimate of drug-likeness (QED) is 0.726. The van der Waals surface area contributed by atoms with Crippen LogP contribution in [0.5, 0.6) is 0 Å². The predicted octanol–water partition coefficient (Wildman–Crippen LogP) is 3.08. The zero-order valence-corrected chi connectivity index (χ0v) is 14.2. The van der Waals surface area contributed by atoms with Crippen molar-refractivity contribution in [1.82, 2.24) is 20.0 Å². The number of aromatic nitrogens is 3. The van der Waals surface area contributed by atoms with Gasteiger partial charge in [-0.3, -0.25) is 4.90 Å². The Bertz CT molecular complexity index is 802. The Morgan fingerprint density at radius 3 is 2.96 bits per heavy atom. The van der Waals surface area contributed by atoms with E-state index < -0.39 is 0 Å². The Morgan fingerprint density at radius 1 is 1.29 bits per heavy atom. The summed E-state index contributed by atoms with van der Waals surface area (Å²) in [6, 6.07) is 10.3. The Hall–Kier alpha value is -2.09. The normalized spacial score (nSPS) is 18.8. The number of aryl methyl sites for hydroxylation is 1. The Labute approximate surface area is 144 Å². The zero-order chi connectivity index (χ0) is 16.4. The van der Waals surface area contributed by atoms with Gasteiger partial charge in [-0.15, -0.1) is 11.3 Å². The summed E-state index contributed by atoms with van der Waals surface area (Å²) in [5.74, 6) is 1.20. The molecule has 0 radical (unpaired) electrons. The average Bonchev–Trinajstić information content (AvgIpc) is 3.25. The van der Waals surface area contributed by atoms with Crippen molar-refractivity contribution in [2.75, 3.05) is 19.7 Å². The van der Waals surface area contributed by atoms with Gasteiger partial charge in [-0.1, -0.05) is 35.5 Å². The molecule has 1 aromatic carbocycles. The molecule has 0 amide bonds. The number of morpholine rings is 1. The fourth-order valence-corrected chi connectivity index (χ4v) is 3.72. The van der Waals surface area contributed by atoms with Crippen LogP contribution in [0.1, 0.15) is 22.7 Å². The smallest absolute Gasteiger partial charge is 0.223 e. The maximum atomic E-state index is 5.78. The molecule has 1 saturated heterocycles. The lowest BCUT2D eigenvalue weighted by atomic mass is 10.2. The number of rotatable bonds is 4. The third-order valence-corrected chi connectivity index (χ3v) is 4.97. The van der Waals surface area contributed by atoms with Crippen LogP contribution in [0.2, 0.25) is 0 Å². The molecule has 1 aliphatic heterocycles. The molecule has 0 N–H and O–H groups in total. The second-order valence-electron chi connectivity index (χ2n) is 5.76. The lowest BCUT2D eigenvalue weighted by molar-refractivity contribution is -0.0377. The minimum Gasteiger partial charge on any atom is -0.367 e. The maximum Gasteiger partial charge on any atom is 0.223 e. The van der Waals surface area contributed by atoms with Crippen LogP contribution in [0.4, 0.5) is 0 Å². The minimum absolute atomic E-state index is 0.127. The van der Waals surface area contributed by atoms with Gasteiger partial charge in [0.05, 0.1) is 6.61 Å². The fraction of sp³-hybridized carbons (Fsp3) is 0.353. The molecule has 7 heteroatoms. The van der Waals surface area contributed by atoms with Gasteiger partial charge in [-0.2, -0.15) is 4.98 Å². The third-order valence-electron chi connectivity index (χ3n) is 3.94. The van der Waals surface area contributed by atoms with E-state index in [9.17, 15) is 0 Å². The fourth-order valence-electron chi connectivity index (χ4n) is 2.76. The molecule has 0 spiro atoms. The predicted molar refractivity (Wildman–Crippen MR) is 90.6 cm³/mol. The number of hydrogen-bond donors (Lipinski definition) is 0. The molecule has 124 valence electrons. The van der Waals surface area contributed by atoms with Crippen LogP contribution < -0.4 is 0 Å². The first-order chi connectivity index (χ1) is 11.8. The van der Waals surface area contributed by atoms with Crippen molar-refractivity contribution in [3.8, 4) is 10.6 Å². The largest absolute Gasteiger partial charge is 0.367 e. The van der Waals surface area contributed by atoms with E-state index in [0.717, 1.165) is 30.2 Å². The topological polar surface area (TPSA) is 64.3 Å². The summed E-state index contributed by atoms with van der Waals surface area (Å²) in [6.07, 6.45) is 1.84. The monoisotopic (exact) mass is 342 g/mol. The van der Waals surface area contributed by atoms with Crippen LogP contribution in [0.25, 0.3) is 10.6 Å². The summed E-state index contributed by atoms with van der Waals surface area (Å²) in [5, 5.41) is 5.04. The molecule has 6 nitrogen and oxygen atoms in total. The molecule has 3 heterocycles. The molecule has 24 heavy (non-hydrogen) atoms. The molecule has 0 bridgehead atoms. The highest BCUT2D eigenvalue weighted by Gasteiger charge is 2.26. The second-order valence-corrected chi connectivity index (χ2v) is 6.88. The Morgan fingerprint density at radius 2 is 2.17 bits per heavy atom. The molecule has 1 atom stereocenters. The molecular weight excluding hydrogens is 324 g/mol. The van der Waals surface area contributed by atoms with Crippen molar-refractivity contribution in [3.63, 3.8) is 0 Å². The molecule has 2 aromatic heterocycles. The lowest BCUT2D eigenvalue weighted by Crippen LogP contribution is -2.38. The van der Waals surface area contributed by atoms with Crippen molar-refractivity contribution in [2.24, 2.45) is 0 Å². The molecule has 1 unspecified atom stereocenters. The summed E-state index contributed by atoms with van der Waals surface area (Å²) in [5.41, 5.74) is 1.16. The molecule has 0 saturated carbocycles. The molecule has 4 rings (SSSR count). The summed E-state index contributed by atoms with van der Waals surface area (Å²) < 4.78 is 10.8. The van der Waals surface area contributed by atoms with E-state index in [1.165, 1.54) is 4.88 Å². The van der Waals surface area contributed by atoms with Crippen molar-refractivity contribution in [2.45, 2.75) is 19.6 Å². The second kappa shape index (κ2) is 6.80.